The Kier molecular flexibility index (Phi) is 5.45. The third kappa shape index (κ3) is 3.25. The second kappa shape index (κ2) is 8.27. The summed E-state index contributed by atoms with van der Waals surface area (Å²) < 4.78 is 17.7. The third-order valence-electron chi connectivity index (χ3n) is 9.39. The number of methoxy groups -OCH3 is 1. The Hall–Kier alpha value is -2.05. The number of cyclic esters (lactones) is 1. The number of esters is 1. The summed E-state index contributed by atoms with van der Waals surface area (Å²) >= 11 is 0. The van der Waals surface area contributed by atoms with Gasteiger partial charge in [0.2, 0.25) is 5.76 Å². The molecule has 0 aromatic heterocycles. The Morgan fingerprint density at radius 3 is 2.79 bits per heavy atom. The lowest BCUT2D eigenvalue weighted by Gasteiger charge is -2.56. The van der Waals surface area contributed by atoms with Gasteiger partial charge in [-0.3, -0.25) is 4.90 Å². The lowest BCUT2D eigenvalue weighted by molar-refractivity contribution is -0.133. The molecule has 2 bridgehead atoms. The van der Waals surface area contributed by atoms with Gasteiger partial charge in [-0.25, -0.2) is 4.79 Å². The van der Waals surface area contributed by atoms with Crippen LogP contribution in [0.4, 0.5) is 0 Å². The molecule has 0 aromatic carbocycles. The van der Waals surface area contributed by atoms with Crippen molar-refractivity contribution >= 4 is 5.97 Å². The van der Waals surface area contributed by atoms with E-state index in [2.05, 4.69) is 30.1 Å². The maximum Gasteiger partial charge on any atom is 0.343 e. The van der Waals surface area contributed by atoms with E-state index in [0.29, 0.717) is 28.8 Å². The zero-order valence-electron chi connectivity index (χ0n) is 20.6. The van der Waals surface area contributed by atoms with Crippen LogP contribution in [0.2, 0.25) is 0 Å². The van der Waals surface area contributed by atoms with Gasteiger partial charge < -0.3 is 19.3 Å². The Labute approximate surface area is 202 Å². The SMILES string of the molecule is COC1=C(C)C(=O)OC1=C1OC2=CC3C=CC4(CCCC(C(O)CC5CCCC5)N4C3)C2C1C. The molecule has 184 valence electrons. The standard InChI is InChI=1S/C28H37NO5/c1-16-23-22(33-25(16)26-24(32-3)17(2)27(31)34-26)14-19-10-12-28(23)11-6-9-20(29(28)15-19)21(30)13-18-7-4-5-8-18/h10,12,14,16,18-21,23,30H,4-9,11,13,15H2,1-3H3. The topological polar surface area (TPSA) is 68.2 Å². The van der Waals surface area contributed by atoms with Crippen LogP contribution in [-0.2, 0) is 19.0 Å². The number of carbonyl (C=O) groups excluding carboxylic acids is 1. The second-order valence-electron chi connectivity index (χ2n) is 11.3. The van der Waals surface area contributed by atoms with E-state index >= 15 is 0 Å². The van der Waals surface area contributed by atoms with Crippen molar-refractivity contribution in [3.63, 3.8) is 0 Å². The molecule has 6 heteroatoms. The van der Waals surface area contributed by atoms with Crippen LogP contribution in [0.3, 0.4) is 0 Å². The lowest BCUT2D eigenvalue weighted by atomic mass is 9.67. The molecule has 6 unspecified atom stereocenters. The summed E-state index contributed by atoms with van der Waals surface area (Å²) in [5, 5.41) is 11.4. The fourth-order valence-electron chi connectivity index (χ4n) is 7.80. The number of carbonyl (C=O) groups is 1. The van der Waals surface area contributed by atoms with Crippen LogP contribution >= 0.6 is 0 Å². The molecular weight excluding hydrogens is 430 g/mol. The highest BCUT2D eigenvalue weighted by Crippen LogP contribution is 2.57. The highest BCUT2D eigenvalue weighted by atomic mass is 16.6. The van der Waals surface area contributed by atoms with E-state index < -0.39 is 0 Å². The van der Waals surface area contributed by atoms with Crippen LogP contribution in [0.25, 0.3) is 0 Å². The smallest absolute Gasteiger partial charge is 0.343 e. The molecule has 2 saturated heterocycles. The quantitative estimate of drug-likeness (QED) is 0.482. The summed E-state index contributed by atoms with van der Waals surface area (Å²) in [6.07, 6.45) is 16.0. The number of allylic oxidation sites excluding steroid dienone is 1. The van der Waals surface area contributed by atoms with Crippen molar-refractivity contribution in [1.82, 2.24) is 4.90 Å². The first-order chi connectivity index (χ1) is 16.4. The van der Waals surface area contributed by atoms with Gasteiger partial charge in [-0.1, -0.05) is 44.8 Å². The minimum absolute atomic E-state index is 0.0276. The molecule has 5 heterocycles. The molecule has 34 heavy (non-hydrogen) atoms. The number of rotatable bonds is 4. The number of aliphatic hydroxyl groups is 1. The van der Waals surface area contributed by atoms with Gasteiger partial charge in [-0.05, 0) is 44.6 Å². The minimum Gasteiger partial charge on any atom is -0.492 e. The number of nitrogens with zero attached hydrogens (tertiary/aromatic N) is 1. The first-order valence-corrected chi connectivity index (χ1v) is 13.2. The highest BCUT2D eigenvalue weighted by molar-refractivity contribution is 5.93. The molecule has 0 aromatic rings. The molecular formula is C28H37NO5. The normalized spacial score (nSPS) is 40.6. The molecule has 1 saturated carbocycles. The molecule has 2 aliphatic carbocycles. The van der Waals surface area contributed by atoms with Crippen LogP contribution in [0.15, 0.2) is 46.8 Å². The average molecular weight is 468 g/mol. The fourth-order valence-corrected chi connectivity index (χ4v) is 7.80. The maximum atomic E-state index is 12.3. The van der Waals surface area contributed by atoms with Crippen molar-refractivity contribution < 1.29 is 24.1 Å². The minimum atomic E-state index is -0.370. The molecule has 0 amide bonds. The highest BCUT2D eigenvalue weighted by Gasteiger charge is 2.59. The van der Waals surface area contributed by atoms with E-state index in [1.165, 1.54) is 25.7 Å². The van der Waals surface area contributed by atoms with Crippen molar-refractivity contribution in [2.24, 2.45) is 23.7 Å². The van der Waals surface area contributed by atoms with Crippen LogP contribution < -0.4 is 0 Å². The summed E-state index contributed by atoms with van der Waals surface area (Å²) in [6, 6.07) is 0.180. The summed E-state index contributed by atoms with van der Waals surface area (Å²) in [6.45, 7) is 4.84. The Balaban J connectivity index is 1.35. The van der Waals surface area contributed by atoms with Gasteiger partial charge in [-0.15, -0.1) is 0 Å². The Bertz CT molecular complexity index is 1000. The van der Waals surface area contributed by atoms with E-state index in [9.17, 15) is 9.90 Å². The summed E-state index contributed by atoms with van der Waals surface area (Å²) in [4.78, 5) is 14.9. The zero-order chi connectivity index (χ0) is 23.6. The monoisotopic (exact) mass is 467 g/mol. The maximum absolute atomic E-state index is 12.3. The van der Waals surface area contributed by atoms with Crippen LogP contribution in [0, 0.1) is 23.7 Å². The largest absolute Gasteiger partial charge is 0.492 e. The van der Waals surface area contributed by atoms with E-state index in [4.69, 9.17) is 14.2 Å². The number of aliphatic hydroxyl groups excluding tert-OH is 1. The predicted molar refractivity (Wildman–Crippen MR) is 127 cm³/mol. The zero-order valence-corrected chi connectivity index (χ0v) is 20.6. The molecule has 7 rings (SSSR count). The number of hydrogen-bond donors (Lipinski definition) is 1. The van der Waals surface area contributed by atoms with E-state index in [1.54, 1.807) is 14.0 Å². The van der Waals surface area contributed by atoms with E-state index in [1.807, 2.05) is 0 Å². The van der Waals surface area contributed by atoms with Gasteiger partial charge in [0.1, 0.15) is 5.76 Å². The first-order valence-electron chi connectivity index (χ1n) is 13.2. The van der Waals surface area contributed by atoms with Crippen LogP contribution in [0.1, 0.15) is 65.2 Å². The fraction of sp³-hybridized carbons (Fsp3) is 0.679. The molecule has 1 spiro atoms. The summed E-state index contributed by atoms with van der Waals surface area (Å²) in [5.74, 6) is 3.30. The van der Waals surface area contributed by atoms with E-state index in [-0.39, 0.29) is 41.4 Å². The lowest BCUT2D eigenvalue weighted by Crippen LogP contribution is -2.64. The molecule has 3 fully saturated rings. The predicted octanol–water partition coefficient (Wildman–Crippen LogP) is 4.58. The molecule has 6 atom stereocenters. The van der Waals surface area contributed by atoms with Gasteiger partial charge in [0.05, 0.1) is 24.3 Å². The summed E-state index contributed by atoms with van der Waals surface area (Å²) in [7, 11) is 1.57. The van der Waals surface area contributed by atoms with Crippen LogP contribution in [-0.4, -0.2) is 47.3 Å². The van der Waals surface area contributed by atoms with Crippen molar-refractivity contribution in [2.45, 2.75) is 82.9 Å². The van der Waals surface area contributed by atoms with Crippen molar-refractivity contribution in [1.29, 1.82) is 0 Å². The third-order valence-corrected chi connectivity index (χ3v) is 9.39. The van der Waals surface area contributed by atoms with Gasteiger partial charge in [-0.2, -0.15) is 0 Å². The van der Waals surface area contributed by atoms with E-state index in [0.717, 1.165) is 38.0 Å². The first kappa shape index (κ1) is 22.4. The molecule has 6 nitrogen and oxygen atoms in total. The van der Waals surface area contributed by atoms with Crippen molar-refractivity contribution in [2.75, 3.05) is 13.7 Å². The van der Waals surface area contributed by atoms with Crippen LogP contribution in [0.5, 0.6) is 0 Å². The molecule has 0 radical (unpaired) electrons. The summed E-state index contributed by atoms with van der Waals surface area (Å²) in [5.41, 5.74) is 0.296. The Morgan fingerprint density at radius 2 is 2.03 bits per heavy atom. The molecule has 1 N–H and O–H groups in total. The van der Waals surface area contributed by atoms with Gasteiger partial charge in [0, 0.05) is 30.3 Å². The van der Waals surface area contributed by atoms with Crippen molar-refractivity contribution in [3.05, 3.63) is 46.8 Å². The average Bonchev–Trinajstić information content (AvgIpc) is 3.47. The Morgan fingerprint density at radius 1 is 1.24 bits per heavy atom. The van der Waals surface area contributed by atoms with Gasteiger partial charge >= 0.3 is 5.97 Å². The molecule has 7 aliphatic rings. The number of ether oxygens (including phenoxy) is 3. The number of hydrogen-bond acceptors (Lipinski definition) is 6. The van der Waals surface area contributed by atoms with Gasteiger partial charge in [0.15, 0.2) is 11.5 Å². The second-order valence-corrected chi connectivity index (χ2v) is 11.3. The van der Waals surface area contributed by atoms with Crippen molar-refractivity contribution in [3.8, 4) is 0 Å². The van der Waals surface area contributed by atoms with Gasteiger partial charge in [0.25, 0.3) is 0 Å². The number of piperidine rings is 1. The molecule has 5 aliphatic heterocycles.